The van der Waals surface area contributed by atoms with Gasteiger partial charge in [-0.05, 0) is 31.2 Å². The third-order valence-corrected chi connectivity index (χ3v) is 5.01. The smallest absolute Gasteiger partial charge is 0.387 e. The Morgan fingerprint density at radius 3 is 2.55 bits per heavy atom. The number of hydrogen-bond acceptors (Lipinski definition) is 5. The van der Waals surface area contributed by atoms with Crippen LogP contribution in [0.15, 0.2) is 29.6 Å². The van der Waals surface area contributed by atoms with Gasteiger partial charge in [0.25, 0.3) is 6.43 Å². The van der Waals surface area contributed by atoms with Crippen LogP contribution in [0.3, 0.4) is 0 Å². The molecule has 0 spiro atoms. The number of carbonyl (C=O) groups excluding carboxylic acids is 1. The van der Waals surface area contributed by atoms with Gasteiger partial charge >= 0.3 is 6.61 Å². The van der Waals surface area contributed by atoms with Crippen LogP contribution in [0.4, 0.5) is 22.7 Å². The van der Waals surface area contributed by atoms with Crippen LogP contribution in [-0.2, 0) is 11.3 Å². The molecule has 12 heteroatoms. The minimum atomic E-state index is -2.91. The van der Waals surface area contributed by atoms with E-state index in [-0.39, 0.29) is 28.1 Å². The number of alkyl halides is 4. The van der Waals surface area contributed by atoms with Gasteiger partial charge in [-0.2, -0.15) is 13.9 Å². The van der Waals surface area contributed by atoms with Crippen LogP contribution in [0.5, 0.6) is 5.75 Å². The molecule has 1 amide bonds. The first-order chi connectivity index (χ1) is 13.7. The van der Waals surface area contributed by atoms with E-state index in [4.69, 9.17) is 11.6 Å². The number of anilines is 1. The summed E-state index contributed by atoms with van der Waals surface area (Å²) in [4.78, 5) is 16.4. The molecule has 0 fully saturated rings. The van der Waals surface area contributed by atoms with Gasteiger partial charge in [-0.3, -0.25) is 9.48 Å². The molecule has 0 aliphatic rings. The SMILES string of the molecule is Cc1c(Cl)c(C(F)F)nn1CC(=O)Nc1nc(-c2ccc(OC(F)F)cc2)cs1. The normalized spacial score (nSPS) is 11.3. The standard InChI is InChI=1S/C17H13ClF4N4O2S/c1-8-13(18)14(15(19)20)25-26(8)6-12(27)24-17-23-11(7-29-17)9-2-4-10(5-3-9)28-16(21)22/h2-5,7,15-16H,6H2,1H3,(H,23,24,27). The van der Waals surface area contributed by atoms with Crippen LogP contribution in [0.25, 0.3) is 11.3 Å². The maximum Gasteiger partial charge on any atom is 0.387 e. The fourth-order valence-corrected chi connectivity index (χ4v) is 3.36. The lowest BCUT2D eigenvalue weighted by Crippen LogP contribution is -2.20. The van der Waals surface area contributed by atoms with E-state index in [9.17, 15) is 22.4 Å². The molecule has 1 aromatic carbocycles. The van der Waals surface area contributed by atoms with E-state index < -0.39 is 24.6 Å². The van der Waals surface area contributed by atoms with Crippen LogP contribution >= 0.6 is 22.9 Å². The zero-order chi connectivity index (χ0) is 21.1. The number of rotatable bonds is 7. The summed E-state index contributed by atoms with van der Waals surface area (Å²) in [5.41, 5.74) is 0.836. The lowest BCUT2D eigenvalue weighted by Gasteiger charge is -2.05. The first-order valence-corrected chi connectivity index (χ1v) is 9.32. The second-order valence-electron chi connectivity index (χ2n) is 5.73. The van der Waals surface area contributed by atoms with Crippen molar-refractivity contribution in [3.8, 4) is 17.0 Å². The van der Waals surface area contributed by atoms with Gasteiger partial charge in [-0.25, -0.2) is 13.8 Å². The summed E-state index contributed by atoms with van der Waals surface area (Å²) in [6.45, 7) is -1.74. The van der Waals surface area contributed by atoms with E-state index in [2.05, 4.69) is 20.1 Å². The molecular weight excluding hydrogens is 436 g/mol. The summed E-state index contributed by atoms with van der Waals surface area (Å²) >= 11 is 6.95. The summed E-state index contributed by atoms with van der Waals surface area (Å²) in [5, 5.41) is 7.99. The van der Waals surface area contributed by atoms with Gasteiger partial charge in [0.15, 0.2) is 5.13 Å². The van der Waals surface area contributed by atoms with Crippen molar-refractivity contribution in [2.75, 3.05) is 5.32 Å². The van der Waals surface area contributed by atoms with Gasteiger partial charge in [0.2, 0.25) is 5.91 Å². The Balaban J connectivity index is 1.66. The van der Waals surface area contributed by atoms with E-state index in [1.165, 1.54) is 19.1 Å². The predicted molar refractivity (Wildman–Crippen MR) is 99.7 cm³/mol. The summed E-state index contributed by atoms with van der Waals surface area (Å²) < 4.78 is 55.4. The Bertz CT molecular complexity index is 1010. The number of nitrogens with zero attached hydrogens (tertiary/aromatic N) is 3. The second kappa shape index (κ2) is 8.78. The fraction of sp³-hybridized carbons (Fsp3) is 0.235. The highest BCUT2D eigenvalue weighted by atomic mass is 35.5. The Morgan fingerprint density at radius 1 is 1.28 bits per heavy atom. The molecule has 0 radical (unpaired) electrons. The molecule has 0 saturated heterocycles. The molecule has 0 bridgehead atoms. The maximum atomic E-state index is 12.8. The van der Waals surface area contributed by atoms with Crippen molar-refractivity contribution in [3.63, 3.8) is 0 Å². The average molecular weight is 449 g/mol. The van der Waals surface area contributed by atoms with Crippen LogP contribution in [0.2, 0.25) is 5.02 Å². The quantitative estimate of drug-likeness (QED) is 0.508. The molecule has 2 aromatic heterocycles. The fourth-order valence-electron chi connectivity index (χ4n) is 2.41. The van der Waals surface area contributed by atoms with Crippen molar-refractivity contribution in [1.29, 1.82) is 0 Å². The Hall–Kier alpha value is -2.66. The van der Waals surface area contributed by atoms with Crippen LogP contribution in [0, 0.1) is 6.92 Å². The lowest BCUT2D eigenvalue weighted by atomic mass is 10.2. The lowest BCUT2D eigenvalue weighted by molar-refractivity contribution is -0.117. The molecule has 2 heterocycles. The number of nitrogens with one attached hydrogen (secondary N) is 1. The van der Waals surface area contributed by atoms with E-state index in [0.29, 0.717) is 11.3 Å². The Labute approximate surface area is 171 Å². The molecule has 3 aromatic rings. The zero-order valence-electron chi connectivity index (χ0n) is 14.7. The van der Waals surface area contributed by atoms with Crippen molar-refractivity contribution in [2.24, 2.45) is 0 Å². The summed E-state index contributed by atoms with van der Waals surface area (Å²) in [5.74, 6) is -0.501. The van der Waals surface area contributed by atoms with E-state index in [1.54, 1.807) is 17.5 Å². The summed E-state index contributed by atoms with van der Waals surface area (Å²) in [6.07, 6.45) is -2.84. The van der Waals surface area contributed by atoms with Crippen molar-refractivity contribution in [3.05, 3.63) is 46.1 Å². The molecule has 0 aliphatic heterocycles. The highest BCUT2D eigenvalue weighted by Gasteiger charge is 2.21. The molecule has 154 valence electrons. The molecular formula is C17H13ClF4N4O2S. The highest BCUT2D eigenvalue weighted by molar-refractivity contribution is 7.14. The third-order valence-electron chi connectivity index (χ3n) is 3.78. The van der Waals surface area contributed by atoms with Gasteiger partial charge in [0.05, 0.1) is 16.4 Å². The van der Waals surface area contributed by atoms with Gasteiger partial charge < -0.3 is 10.1 Å². The number of benzene rings is 1. The van der Waals surface area contributed by atoms with E-state index in [0.717, 1.165) is 16.0 Å². The summed E-state index contributed by atoms with van der Waals surface area (Å²) in [7, 11) is 0. The maximum absolute atomic E-state index is 12.8. The van der Waals surface area contributed by atoms with Gasteiger partial charge in [0.1, 0.15) is 18.0 Å². The van der Waals surface area contributed by atoms with Gasteiger partial charge in [-0.15, -0.1) is 11.3 Å². The number of amides is 1. The first kappa shape index (κ1) is 21.1. The van der Waals surface area contributed by atoms with Crippen molar-refractivity contribution < 1.29 is 27.1 Å². The van der Waals surface area contributed by atoms with Crippen LogP contribution in [0.1, 0.15) is 17.8 Å². The average Bonchev–Trinajstić information content (AvgIpc) is 3.22. The minimum absolute atomic E-state index is 0.0175. The number of halogens is 5. The number of hydrogen-bond donors (Lipinski definition) is 1. The van der Waals surface area contributed by atoms with Gasteiger partial charge in [-0.1, -0.05) is 11.6 Å². The molecule has 3 rings (SSSR count). The first-order valence-electron chi connectivity index (χ1n) is 8.06. The third kappa shape index (κ3) is 5.04. The monoisotopic (exact) mass is 448 g/mol. The number of aromatic nitrogens is 3. The Morgan fingerprint density at radius 2 is 1.97 bits per heavy atom. The molecule has 6 nitrogen and oxygen atoms in total. The minimum Gasteiger partial charge on any atom is -0.435 e. The molecule has 29 heavy (non-hydrogen) atoms. The van der Waals surface area contributed by atoms with E-state index >= 15 is 0 Å². The van der Waals surface area contributed by atoms with Crippen LogP contribution < -0.4 is 10.1 Å². The topological polar surface area (TPSA) is 69.0 Å². The van der Waals surface area contributed by atoms with Crippen molar-refractivity contribution >= 4 is 34.0 Å². The molecule has 1 N–H and O–H groups in total. The molecule has 0 saturated carbocycles. The van der Waals surface area contributed by atoms with Gasteiger partial charge in [0, 0.05) is 10.9 Å². The highest BCUT2D eigenvalue weighted by Crippen LogP contribution is 2.29. The van der Waals surface area contributed by atoms with E-state index in [1.807, 2.05) is 0 Å². The number of ether oxygens (including phenoxy) is 1. The molecule has 0 unspecified atom stereocenters. The second-order valence-corrected chi connectivity index (χ2v) is 6.97. The Kier molecular flexibility index (Phi) is 6.38. The van der Waals surface area contributed by atoms with Crippen molar-refractivity contribution in [2.45, 2.75) is 26.5 Å². The number of thiazole rings is 1. The molecule has 0 atom stereocenters. The molecule has 0 aliphatic carbocycles. The van der Waals surface area contributed by atoms with Crippen molar-refractivity contribution in [1.82, 2.24) is 14.8 Å². The zero-order valence-corrected chi connectivity index (χ0v) is 16.3. The predicted octanol–water partition coefficient (Wildman–Crippen LogP) is 5.15. The van der Waals surface area contributed by atoms with Crippen LogP contribution in [-0.4, -0.2) is 27.3 Å². The number of carbonyl (C=O) groups is 1. The largest absolute Gasteiger partial charge is 0.435 e. The summed E-state index contributed by atoms with van der Waals surface area (Å²) in [6, 6.07) is 5.87.